The number of rotatable bonds is 10. The molecule has 1 aromatic heterocycles. The van der Waals surface area contributed by atoms with Gasteiger partial charge in [-0.05, 0) is 31.5 Å². The number of aryl methyl sites for hydroxylation is 2. The molecular weight excluding hydrogens is 398 g/mol. The lowest BCUT2D eigenvalue weighted by Crippen LogP contribution is -2.34. The lowest BCUT2D eigenvalue weighted by atomic mass is 10.1. The van der Waals surface area contributed by atoms with Crippen LogP contribution in [0.3, 0.4) is 0 Å². The quantitative estimate of drug-likeness (QED) is 0.396. The smallest absolute Gasteiger partial charge is 0.336 e. The van der Waals surface area contributed by atoms with Crippen molar-refractivity contribution in [1.82, 2.24) is 5.32 Å². The van der Waals surface area contributed by atoms with E-state index in [0.29, 0.717) is 43.3 Å². The van der Waals surface area contributed by atoms with Crippen molar-refractivity contribution in [3.63, 3.8) is 0 Å². The lowest BCUT2D eigenvalue weighted by Gasteiger charge is -2.20. The summed E-state index contributed by atoms with van der Waals surface area (Å²) in [7, 11) is 1.61. The maximum absolute atomic E-state index is 12.9. The summed E-state index contributed by atoms with van der Waals surface area (Å²) in [5, 5.41) is 3.66. The normalized spacial score (nSPS) is 12.0. The molecule has 31 heavy (non-hydrogen) atoms. The monoisotopic (exact) mass is 425 g/mol. The van der Waals surface area contributed by atoms with Gasteiger partial charge in [0.2, 0.25) is 6.10 Å². The fourth-order valence-electron chi connectivity index (χ4n) is 3.11. The molecule has 1 unspecified atom stereocenters. The van der Waals surface area contributed by atoms with E-state index in [1.54, 1.807) is 19.2 Å². The van der Waals surface area contributed by atoms with Crippen LogP contribution in [0.2, 0.25) is 0 Å². The van der Waals surface area contributed by atoms with E-state index in [1.807, 2.05) is 44.2 Å². The summed E-state index contributed by atoms with van der Waals surface area (Å²) in [5.74, 6) is 0.142. The Morgan fingerprint density at radius 1 is 1.03 bits per heavy atom. The van der Waals surface area contributed by atoms with Crippen molar-refractivity contribution >= 4 is 16.9 Å². The summed E-state index contributed by atoms with van der Waals surface area (Å²) >= 11 is 0. The summed E-state index contributed by atoms with van der Waals surface area (Å²) in [6.45, 7) is 5.50. The van der Waals surface area contributed by atoms with Gasteiger partial charge in [-0.2, -0.15) is 0 Å². The van der Waals surface area contributed by atoms with Crippen LogP contribution in [0, 0.1) is 13.8 Å². The highest BCUT2D eigenvalue weighted by atomic mass is 16.5. The number of carbonyl (C=O) groups is 1. The third kappa shape index (κ3) is 6.16. The first-order valence-corrected chi connectivity index (χ1v) is 10.1. The highest BCUT2D eigenvalue weighted by Crippen LogP contribution is 2.27. The maximum Gasteiger partial charge on any atom is 0.336 e. The third-order valence-electron chi connectivity index (χ3n) is 4.77. The first-order chi connectivity index (χ1) is 15.0. The molecule has 0 fully saturated rings. The van der Waals surface area contributed by atoms with E-state index in [4.69, 9.17) is 18.6 Å². The molecule has 3 aromatic rings. The maximum atomic E-state index is 12.9. The molecule has 7 nitrogen and oxygen atoms in total. The van der Waals surface area contributed by atoms with E-state index in [-0.39, 0.29) is 5.91 Å². The average molecular weight is 425 g/mol. The minimum absolute atomic E-state index is 0.287. The van der Waals surface area contributed by atoms with E-state index in [2.05, 4.69) is 5.32 Å². The van der Waals surface area contributed by atoms with Gasteiger partial charge in [0.1, 0.15) is 11.3 Å². The lowest BCUT2D eigenvalue weighted by molar-refractivity contribution is -0.128. The van der Waals surface area contributed by atoms with Gasteiger partial charge in [-0.25, -0.2) is 4.79 Å². The van der Waals surface area contributed by atoms with Crippen molar-refractivity contribution in [3.8, 4) is 5.75 Å². The SMILES string of the molecule is COCCOCCNC(=O)C(Oc1ccc2c(C)cc(=O)oc2c1)c1ccc(C)cc1. The zero-order chi connectivity index (χ0) is 22.2. The Morgan fingerprint density at radius 2 is 1.81 bits per heavy atom. The molecule has 0 radical (unpaired) electrons. The van der Waals surface area contributed by atoms with Crippen molar-refractivity contribution in [2.24, 2.45) is 0 Å². The summed E-state index contributed by atoms with van der Waals surface area (Å²) in [5.41, 5.74) is 2.60. The molecule has 0 bridgehead atoms. The van der Waals surface area contributed by atoms with Gasteiger partial charge in [-0.1, -0.05) is 29.8 Å². The van der Waals surface area contributed by atoms with Gasteiger partial charge < -0.3 is 23.9 Å². The molecule has 164 valence electrons. The zero-order valence-electron chi connectivity index (χ0n) is 18.0. The number of hydrogen-bond acceptors (Lipinski definition) is 6. The van der Waals surface area contributed by atoms with Gasteiger partial charge in [0.25, 0.3) is 5.91 Å². The van der Waals surface area contributed by atoms with Gasteiger partial charge in [-0.15, -0.1) is 0 Å². The van der Waals surface area contributed by atoms with Crippen molar-refractivity contribution < 1.29 is 23.4 Å². The summed E-state index contributed by atoms with van der Waals surface area (Å²) in [4.78, 5) is 24.6. The summed E-state index contributed by atoms with van der Waals surface area (Å²) in [6.07, 6.45) is -0.867. The standard InChI is InChI=1S/C24H27NO6/c1-16-4-6-18(7-5-16)23(24(27)25-10-11-29-13-12-28-3)30-19-8-9-20-17(2)14-22(26)31-21(20)15-19/h4-9,14-15,23H,10-13H2,1-3H3,(H,25,27). The van der Waals surface area contributed by atoms with Gasteiger partial charge in [-0.3, -0.25) is 4.79 Å². The van der Waals surface area contributed by atoms with Gasteiger partial charge in [0.15, 0.2) is 0 Å². The number of hydrogen-bond donors (Lipinski definition) is 1. The second-order valence-corrected chi connectivity index (χ2v) is 7.21. The predicted octanol–water partition coefficient (Wildman–Crippen LogP) is 3.31. The Kier molecular flexibility index (Phi) is 7.81. The zero-order valence-corrected chi connectivity index (χ0v) is 18.0. The molecule has 0 spiro atoms. The topological polar surface area (TPSA) is 87.0 Å². The van der Waals surface area contributed by atoms with E-state index >= 15 is 0 Å². The first-order valence-electron chi connectivity index (χ1n) is 10.1. The van der Waals surface area contributed by atoms with E-state index < -0.39 is 11.7 Å². The third-order valence-corrected chi connectivity index (χ3v) is 4.77. The Balaban J connectivity index is 1.78. The summed E-state index contributed by atoms with van der Waals surface area (Å²) in [6, 6.07) is 14.2. The number of ether oxygens (including phenoxy) is 3. The molecule has 7 heteroatoms. The fourth-order valence-corrected chi connectivity index (χ4v) is 3.11. The number of fused-ring (bicyclic) bond motifs is 1. The van der Waals surface area contributed by atoms with Gasteiger partial charge >= 0.3 is 5.63 Å². The minimum atomic E-state index is -0.867. The Bertz CT molecular complexity index is 1070. The Hall–Kier alpha value is -3.16. The predicted molar refractivity (Wildman–Crippen MR) is 117 cm³/mol. The van der Waals surface area contributed by atoms with Crippen LogP contribution in [0.1, 0.15) is 22.8 Å². The van der Waals surface area contributed by atoms with Gasteiger partial charge in [0, 0.05) is 36.7 Å². The highest BCUT2D eigenvalue weighted by molar-refractivity contribution is 5.83. The molecule has 0 saturated heterocycles. The van der Waals surface area contributed by atoms with Gasteiger partial charge in [0.05, 0.1) is 19.8 Å². The molecule has 1 heterocycles. The van der Waals surface area contributed by atoms with Crippen LogP contribution < -0.4 is 15.7 Å². The minimum Gasteiger partial charge on any atom is -0.476 e. The Labute approximate surface area is 180 Å². The summed E-state index contributed by atoms with van der Waals surface area (Å²) < 4.78 is 21.7. The van der Waals surface area contributed by atoms with Crippen LogP contribution in [-0.4, -0.2) is 39.4 Å². The number of methoxy groups -OCH3 is 1. The number of amides is 1. The van der Waals surface area contributed by atoms with Crippen LogP contribution in [0.5, 0.6) is 5.75 Å². The molecule has 1 atom stereocenters. The van der Waals surface area contributed by atoms with E-state index in [9.17, 15) is 9.59 Å². The molecule has 0 saturated carbocycles. The van der Waals surface area contributed by atoms with Crippen LogP contribution in [0.25, 0.3) is 11.0 Å². The second-order valence-electron chi connectivity index (χ2n) is 7.21. The molecule has 1 amide bonds. The second kappa shape index (κ2) is 10.7. The molecule has 2 aromatic carbocycles. The van der Waals surface area contributed by atoms with Crippen LogP contribution >= 0.6 is 0 Å². The van der Waals surface area contributed by atoms with Crippen molar-refractivity contribution in [2.45, 2.75) is 20.0 Å². The number of carbonyl (C=O) groups excluding carboxylic acids is 1. The molecule has 0 aliphatic rings. The molecule has 3 rings (SSSR count). The molecule has 0 aliphatic carbocycles. The molecule has 0 aliphatic heterocycles. The first kappa shape index (κ1) is 22.5. The number of nitrogens with one attached hydrogen (secondary N) is 1. The van der Waals surface area contributed by atoms with Crippen LogP contribution in [-0.2, 0) is 14.3 Å². The fraction of sp³-hybridized carbons (Fsp3) is 0.333. The van der Waals surface area contributed by atoms with Crippen LogP contribution in [0.15, 0.2) is 57.7 Å². The average Bonchev–Trinajstić information content (AvgIpc) is 2.74. The molecule has 1 N–H and O–H groups in total. The largest absolute Gasteiger partial charge is 0.476 e. The van der Waals surface area contributed by atoms with Crippen molar-refractivity contribution in [2.75, 3.05) is 33.5 Å². The number of benzene rings is 2. The van der Waals surface area contributed by atoms with E-state index in [1.165, 1.54) is 6.07 Å². The molecular formula is C24H27NO6. The highest BCUT2D eigenvalue weighted by Gasteiger charge is 2.23. The van der Waals surface area contributed by atoms with Crippen LogP contribution in [0.4, 0.5) is 0 Å². The van der Waals surface area contributed by atoms with E-state index in [0.717, 1.165) is 16.5 Å². The van der Waals surface area contributed by atoms with Crippen molar-refractivity contribution in [1.29, 1.82) is 0 Å². The Morgan fingerprint density at radius 3 is 2.55 bits per heavy atom. The van der Waals surface area contributed by atoms with Crippen molar-refractivity contribution in [3.05, 3.63) is 75.6 Å².